The summed E-state index contributed by atoms with van der Waals surface area (Å²) in [6, 6.07) is 18.7. The minimum atomic E-state index is -0.608. The Kier molecular flexibility index (Phi) is 6.43. The van der Waals surface area contributed by atoms with E-state index in [1.807, 2.05) is 30.3 Å². The second-order valence-corrected chi connectivity index (χ2v) is 7.42. The molecule has 1 saturated heterocycles. The predicted molar refractivity (Wildman–Crippen MR) is 115 cm³/mol. The molecule has 160 valence electrons. The average Bonchev–Trinajstić information content (AvgIpc) is 2.79. The zero-order chi connectivity index (χ0) is 21.5. The third-order valence-electron chi connectivity index (χ3n) is 5.30. The van der Waals surface area contributed by atoms with Crippen LogP contribution in [-0.2, 0) is 16.9 Å². The van der Waals surface area contributed by atoms with E-state index in [1.165, 1.54) is 12.1 Å². The zero-order valence-corrected chi connectivity index (χ0v) is 17.0. The Labute approximate surface area is 180 Å². The number of hydrogen-bond acceptors (Lipinski definition) is 4. The number of benzene rings is 2. The van der Waals surface area contributed by atoms with Gasteiger partial charge in [-0.15, -0.1) is 0 Å². The zero-order valence-electron chi connectivity index (χ0n) is 17.0. The third kappa shape index (κ3) is 5.38. The van der Waals surface area contributed by atoms with Crippen LogP contribution in [0.5, 0.6) is 5.75 Å². The number of carbonyl (C=O) groups is 1. The standard InChI is InChI=1S/C24H24FN3O3/c25-19-9-7-18(8-10-19)24(11-14-30-15-12-24)28-23(29)27-20-5-3-6-22(16-20)31-17-21-4-1-2-13-26-21/h1-10,13,16H,11-12,14-15,17H2,(H2,27,28,29). The van der Waals surface area contributed by atoms with Crippen LogP contribution < -0.4 is 15.4 Å². The lowest BCUT2D eigenvalue weighted by Crippen LogP contribution is -2.50. The third-order valence-corrected chi connectivity index (χ3v) is 5.30. The van der Waals surface area contributed by atoms with Gasteiger partial charge in [0.25, 0.3) is 0 Å². The Morgan fingerprint density at radius 2 is 1.87 bits per heavy atom. The van der Waals surface area contributed by atoms with Crippen molar-refractivity contribution in [3.63, 3.8) is 0 Å². The number of pyridine rings is 1. The molecule has 31 heavy (non-hydrogen) atoms. The average molecular weight is 421 g/mol. The number of nitrogens with one attached hydrogen (secondary N) is 2. The van der Waals surface area contributed by atoms with Crippen LogP contribution in [0.4, 0.5) is 14.9 Å². The molecule has 0 unspecified atom stereocenters. The quantitative estimate of drug-likeness (QED) is 0.609. The monoisotopic (exact) mass is 421 g/mol. The summed E-state index contributed by atoms with van der Waals surface area (Å²) in [5.41, 5.74) is 1.68. The maximum atomic E-state index is 13.4. The molecule has 1 aliphatic heterocycles. The Bertz CT molecular complexity index is 1010. The van der Waals surface area contributed by atoms with E-state index in [0.29, 0.717) is 44.1 Å². The maximum Gasteiger partial charge on any atom is 0.319 e. The summed E-state index contributed by atoms with van der Waals surface area (Å²) in [7, 11) is 0. The summed E-state index contributed by atoms with van der Waals surface area (Å²) in [4.78, 5) is 17.1. The lowest BCUT2D eigenvalue weighted by Gasteiger charge is -2.38. The van der Waals surface area contributed by atoms with Crippen LogP contribution >= 0.6 is 0 Å². The molecule has 2 amide bonds. The van der Waals surface area contributed by atoms with Crippen molar-refractivity contribution >= 4 is 11.7 Å². The summed E-state index contributed by atoms with van der Waals surface area (Å²) in [5, 5.41) is 5.96. The Balaban J connectivity index is 1.42. The number of anilines is 1. The number of halogens is 1. The van der Waals surface area contributed by atoms with Gasteiger partial charge in [-0.1, -0.05) is 24.3 Å². The van der Waals surface area contributed by atoms with E-state index in [9.17, 15) is 9.18 Å². The van der Waals surface area contributed by atoms with E-state index in [1.54, 1.807) is 30.5 Å². The molecule has 7 heteroatoms. The summed E-state index contributed by atoms with van der Waals surface area (Å²) in [6.45, 7) is 1.38. The lowest BCUT2D eigenvalue weighted by molar-refractivity contribution is 0.0418. The van der Waals surface area contributed by atoms with Crippen molar-refractivity contribution in [2.24, 2.45) is 0 Å². The molecule has 2 heterocycles. The second kappa shape index (κ2) is 9.57. The van der Waals surface area contributed by atoms with Gasteiger partial charge in [0, 0.05) is 31.2 Å². The number of carbonyl (C=O) groups excluding carboxylic acids is 1. The van der Waals surface area contributed by atoms with Crippen LogP contribution in [0.15, 0.2) is 72.9 Å². The fraction of sp³-hybridized carbons (Fsp3) is 0.250. The first kappa shape index (κ1) is 20.8. The Morgan fingerprint density at radius 3 is 2.61 bits per heavy atom. The molecule has 0 aliphatic carbocycles. The van der Waals surface area contributed by atoms with Gasteiger partial charge in [0.2, 0.25) is 0 Å². The molecule has 1 fully saturated rings. The van der Waals surface area contributed by atoms with Crippen molar-refractivity contribution in [2.75, 3.05) is 18.5 Å². The molecule has 0 saturated carbocycles. The van der Waals surface area contributed by atoms with Gasteiger partial charge in [-0.25, -0.2) is 9.18 Å². The van der Waals surface area contributed by atoms with Crippen LogP contribution in [0.1, 0.15) is 24.1 Å². The molecule has 2 aromatic carbocycles. The molecular weight excluding hydrogens is 397 g/mol. The van der Waals surface area contributed by atoms with E-state index in [2.05, 4.69) is 15.6 Å². The highest BCUT2D eigenvalue weighted by atomic mass is 19.1. The van der Waals surface area contributed by atoms with Gasteiger partial charge in [-0.3, -0.25) is 4.98 Å². The summed E-state index contributed by atoms with van der Waals surface area (Å²) in [6.07, 6.45) is 2.94. The molecule has 0 radical (unpaired) electrons. The second-order valence-electron chi connectivity index (χ2n) is 7.42. The molecule has 2 N–H and O–H groups in total. The van der Waals surface area contributed by atoms with E-state index >= 15 is 0 Å². The van der Waals surface area contributed by atoms with Gasteiger partial charge in [0.1, 0.15) is 18.2 Å². The molecule has 1 aromatic heterocycles. The Morgan fingerprint density at radius 1 is 1.06 bits per heavy atom. The van der Waals surface area contributed by atoms with E-state index in [-0.39, 0.29) is 11.8 Å². The first-order valence-corrected chi connectivity index (χ1v) is 10.2. The van der Waals surface area contributed by atoms with E-state index in [0.717, 1.165) is 11.3 Å². The molecular formula is C24H24FN3O3. The summed E-state index contributed by atoms with van der Waals surface area (Å²) >= 11 is 0. The van der Waals surface area contributed by atoms with E-state index < -0.39 is 5.54 Å². The highest BCUT2D eigenvalue weighted by molar-refractivity contribution is 5.90. The normalized spacial score (nSPS) is 15.1. The van der Waals surface area contributed by atoms with Crippen LogP contribution in [0.2, 0.25) is 0 Å². The molecule has 0 spiro atoms. The summed E-state index contributed by atoms with van der Waals surface area (Å²) in [5.74, 6) is 0.320. The fourth-order valence-corrected chi connectivity index (χ4v) is 3.66. The van der Waals surface area contributed by atoms with Gasteiger partial charge in [0.15, 0.2) is 0 Å². The van der Waals surface area contributed by atoms with Crippen molar-refractivity contribution in [1.29, 1.82) is 0 Å². The number of urea groups is 1. The molecule has 3 aromatic rings. The molecule has 4 rings (SSSR count). The van der Waals surface area contributed by atoms with E-state index in [4.69, 9.17) is 9.47 Å². The number of aromatic nitrogens is 1. The maximum absolute atomic E-state index is 13.4. The SMILES string of the molecule is O=C(Nc1cccc(OCc2ccccn2)c1)NC1(c2ccc(F)cc2)CCOCC1. The lowest BCUT2D eigenvalue weighted by atomic mass is 9.83. The molecule has 6 nitrogen and oxygen atoms in total. The topological polar surface area (TPSA) is 72.5 Å². The summed E-state index contributed by atoms with van der Waals surface area (Å²) < 4.78 is 24.7. The van der Waals surface area contributed by atoms with Crippen molar-refractivity contribution < 1.29 is 18.7 Å². The number of ether oxygens (including phenoxy) is 2. The van der Waals surface area contributed by atoms with Crippen molar-refractivity contribution in [1.82, 2.24) is 10.3 Å². The number of amides is 2. The van der Waals surface area contributed by atoms with Crippen LogP contribution in [0, 0.1) is 5.82 Å². The molecule has 0 atom stereocenters. The van der Waals surface area contributed by atoms with Gasteiger partial charge in [-0.05, 0) is 54.8 Å². The van der Waals surface area contributed by atoms with Crippen molar-refractivity contribution in [2.45, 2.75) is 25.0 Å². The van der Waals surface area contributed by atoms with Gasteiger partial charge >= 0.3 is 6.03 Å². The minimum Gasteiger partial charge on any atom is -0.487 e. The first-order chi connectivity index (χ1) is 15.1. The van der Waals surface area contributed by atoms with Crippen molar-refractivity contribution in [3.05, 3.63) is 90.0 Å². The fourth-order valence-electron chi connectivity index (χ4n) is 3.66. The molecule has 0 bridgehead atoms. The van der Waals surface area contributed by atoms with Crippen LogP contribution in [-0.4, -0.2) is 24.2 Å². The number of hydrogen-bond donors (Lipinski definition) is 2. The highest BCUT2D eigenvalue weighted by Gasteiger charge is 2.36. The number of nitrogens with zero attached hydrogens (tertiary/aromatic N) is 1. The number of rotatable bonds is 6. The molecule has 1 aliphatic rings. The smallest absolute Gasteiger partial charge is 0.319 e. The van der Waals surface area contributed by atoms with Gasteiger partial charge in [-0.2, -0.15) is 0 Å². The highest BCUT2D eigenvalue weighted by Crippen LogP contribution is 2.32. The Hall–Kier alpha value is -3.45. The van der Waals surface area contributed by atoms with Crippen LogP contribution in [0.25, 0.3) is 0 Å². The van der Waals surface area contributed by atoms with Crippen LogP contribution in [0.3, 0.4) is 0 Å². The predicted octanol–water partition coefficient (Wildman–Crippen LogP) is 4.63. The first-order valence-electron chi connectivity index (χ1n) is 10.2. The van der Waals surface area contributed by atoms with Crippen molar-refractivity contribution in [3.8, 4) is 5.75 Å². The van der Waals surface area contributed by atoms with Gasteiger partial charge in [0.05, 0.1) is 11.2 Å². The largest absolute Gasteiger partial charge is 0.487 e. The van der Waals surface area contributed by atoms with Gasteiger partial charge < -0.3 is 20.1 Å². The minimum absolute atomic E-state index is 0.307.